The van der Waals surface area contributed by atoms with E-state index in [2.05, 4.69) is 26.6 Å². The molecule has 7 heteroatoms. The van der Waals surface area contributed by atoms with Crippen molar-refractivity contribution < 1.29 is 19.1 Å². The maximum atomic E-state index is 12.2. The molecule has 2 amide bonds. The Morgan fingerprint density at radius 3 is 2.38 bits per heavy atom. The predicted molar refractivity (Wildman–Crippen MR) is 103 cm³/mol. The maximum Gasteiger partial charge on any atom is 0.251 e. The zero-order chi connectivity index (χ0) is 18.9. The lowest BCUT2D eigenvalue weighted by Gasteiger charge is -2.10. The van der Waals surface area contributed by atoms with Crippen LogP contribution in [0, 0.1) is 0 Å². The third-order valence-corrected chi connectivity index (χ3v) is 4.13. The van der Waals surface area contributed by atoms with Gasteiger partial charge in [0.15, 0.2) is 11.5 Å². The standard InChI is InChI=1S/C19H21BrN2O4/c1-25-16-7-6-14(12-17(16)26-2)19(24)22-9-8-21-18(23)11-13-4-3-5-15(20)10-13/h3-7,10,12H,8-9,11H2,1-2H3,(H,21,23)(H,22,24). The Balaban J connectivity index is 1.77. The van der Waals surface area contributed by atoms with Crippen molar-refractivity contribution in [1.29, 1.82) is 0 Å². The Morgan fingerprint density at radius 1 is 0.962 bits per heavy atom. The first-order valence-electron chi connectivity index (χ1n) is 8.05. The van der Waals surface area contributed by atoms with Crippen LogP contribution in [-0.2, 0) is 11.2 Å². The summed E-state index contributed by atoms with van der Waals surface area (Å²) < 4.78 is 11.3. The molecule has 0 spiro atoms. The monoisotopic (exact) mass is 420 g/mol. The van der Waals surface area contributed by atoms with Crippen molar-refractivity contribution in [2.45, 2.75) is 6.42 Å². The number of rotatable bonds is 8. The summed E-state index contributed by atoms with van der Waals surface area (Å²) in [6.07, 6.45) is 0.295. The number of hydrogen-bond donors (Lipinski definition) is 2. The molecule has 2 aromatic rings. The van der Waals surface area contributed by atoms with Crippen LogP contribution in [0.25, 0.3) is 0 Å². The first-order valence-corrected chi connectivity index (χ1v) is 8.84. The summed E-state index contributed by atoms with van der Waals surface area (Å²) in [5.74, 6) is 0.710. The van der Waals surface area contributed by atoms with Gasteiger partial charge in [-0.3, -0.25) is 9.59 Å². The Bertz CT molecular complexity index is 780. The highest BCUT2D eigenvalue weighted by Gasteiger charge is 2.10. The van der Waals surface area contributed by atoms with E-state index in [1.165, 1.54) is 14.2 Å². The molecule has 2 N–H and O–H groups in total. The number of carbonyl (C=O) groups excluding carboxylic acids is 2. The van der Waals surface area contributed by atoms with E-state index < -0.39 is 0 Å². The van der Waals surface area contributed by atoms with Crippen molar-refractivity contribution in [3.63, 3.8) is 0 Å². The van der Waals surface area contributed by atoms with Crippen LogP contribution in [0.2, 0.25) is 0 Å². The van der Waals surface area contributed by atoms with Crippen molar-refractivity contribution in [1.82, 2.24) is 10.6 Å². The van der Waals surface area contributed by atoms with Crippen LogP contribution in [0.5, 0.6) is 11.5 Å². The van der Waals surface area contributed by atoms with E-state index in [1.54, 1.807) is 18.2 Å². The molecule has 0 aromatic heterocycles. The Hall–Kier alpha value is -2.54. The van der Waals surface area contributed by atoms with E-state index in [4.69, 9.17) is 9.47 Å². The molecule has 0 aliphatic carbocycles. The van der Waals surface area contributed by atoms with Crippen LogP contribution in [0.3, 0.4) is 0 Å². The number of halogens is 1. The largest absolute Gasteiger partial charge is 0.493 e. The van der Waals surface area contributed by atoms with Gasteiger partial charge in [0.25, 0.3) is 5.91 Å². The number of nitrogens with one attached hydrogen (secondary N) is 2. The number of ether oxygens (including phenoxy) is 2. The molecule has 0 fully saturated rings. The normalized spacial score (nSPS) is 10.1. The second kappa shape index (κ2) is 9.82. The molecule has 26 heavy (non-hydrogen) atoms. The van der Waals surface area contributed by atoms with Gasteiger partial charge in [0, 0.05) is 23.1 Å². The topological polar surface area (TPSA) is 76.7 Å². The van der Waals surface area contributed by atoms with E-state index in [9.17, 15) is 9.59 Å². The Morgan fingerprint density at radius 2 is 1.69 bits per heavy atom. The molecule has 0 heterocycles. The van der Waals surface area contributed by atoms with Gasteiger partial charge in [-0.15, -0.1) is 0 Å². The first-order chi connectivity index (χ1) is 12.5. The fourth-order valence-corrected chi connectivity index (χ4v) is 2.80. The van der Waals surface area contributed by atoms with Gasteiger partial charge in [0.1, 0.15) is 0 Å². The zero-order valence-corrected chi connectivity index (χ0v) is 16.3. The molecule has 0 aliphatic rings. The van der Waals surface area contributed by atoms with Gasteiger partial charge in [-0.2, -0.15) is 0 Å². The minimum atomic E-state index is -0.243. The van der Waals surface area contributed by atoms with E-state index in [0.29, 0.717) is 36.6 Å². The van der Waals surface area contributed by atoms with E-state index in [0.717, 1.165) is 10.0 Å². The number of hydrogen-bond acceptors (Lipinski definition) is 4. The second-order valence-electron chi connectivity index (χ2n) is 5.48. The Kier molecular flexibility index (Phi) is 7.47. The highest BCUT2D eigenvalue weighted by atomic mass is 79.9. The van der Waals surface area contributed by atoms with Gasteiger partial charge in [0.2, 0.25) is 5.91 Å². The smallest absolute Gasteiger partial charge is 0.251 e. The molecular weight excluding hydrogens is 400 g/mol. The van der Waals surface area contributed by atoms with Crippen LogP contribution in [-0.4, -0.2) is 39.1 Å². The number of amides is 2. The summed E-state index contributed by atoms with van der Waals surface area (Å²) in [5.41, 5.74) is 1.38. The summed E-state index contributed by atoms with van der Waals surface area (Å²) in [7, 11) is 3.05. The molecule has 2 rings (SSSR count). The molecule has 138 valence electrons. The zero-order valence-electron chi connectivity index (χ0n) is 14.7. The summed E-state index contributed by atoms with van der Waals surface area (Å²) in [4.78, 5) is 24.1. The summed E-state index contributed by atoms with van der Waals surface area (Å²) in [5, 5.41) is 5.54. The van der Waals surface area contributed by atoms with Gasteiger partial charge in [-0.25, -0.2) is 0 Å². The molecule has 6 nitrogen and oxygen atoms in total. The number of methoxy groups -OCH3 is 2. The van der Waals surface area contributed by atoms with Crippen LogP contribution in [0.1, 0.15) is 15.9 Å². The molecule has 2 aromatic carbocycles. The number of benzene rings is 2. The van der Waals surface area contributed by atoms with E-state index >= 15 is 0 Å². The van der Waals surface area contributed by atoms with E-state index in [-0.39, 0.29) is 11.8 Å². The fourth-order valence-electron chi connectivity index (χ4n) is 2.35. The summed E-state index contributed by atoms with van der Waals surface area (Å²) in [6.45, 7) is 0.684. The average molecular weight is 421 g/mol. The van der Waals surface area contributed by atoms with E-state index in [1.807, 2.05) is 24.3 Å². The van der Waals surface area contributed by atoms with Crippen molar-refractivity contribution in [2.24, 2.45) is 0 Å². The molecule has 0 atom stereocenters. The average Bonchev–Trinajstić information content (AvgIpc) is 2.64. The van der Waals surface area contributed by atoms with Gasteiger partial charge >= 0.3 is 0 Å². The lowest BCUT2D eigenvalue weighted by atomic mass is 10.1. The minimum Gasteiger partial charge on any atom is -0.493 e. The van der Waals surface area contributed by atoms with Gasteiger partial charge in [-0.05, 0) is 35.9 Å². The third-order valence-electron chi connectivity index (χ3n) is 3.63. The lowest BCUT2D eigenvalue weighted by Crippen LogP contribution is -2.35. The van der Waals surface area contributed by atoms with Crippen molar-refractivity contribution >= 4 is 27.7 Å². The summed E-state index contributed by atoms with van der Waals surface area (Å²) in [6, 6.07) is 12.5. The summed E-state index contributed by atoms with van der Waals surface area (Å²) >= 11 is 3.38. The second-order valence-corrected chi connectivity index (χ2v) is 6.40. The van der Waals surface area contributed by atoms with Crippen molar-refractivity contribution in [3.8, 4) is 11.5 Å². The molecule has 0 aliphatic heterocycles. The van der Waals surface area contributed by atoms with Crippen molar-refractivity contribution in [2.75, 3.05) is 27.3 Å². The van der Waals surface area contributed by atoms with Crippen LogP contribution >= 0.6 is 15.9 Å². The lowest BCUT2D eigenvalue weighted by molar-refractivity contribution is -0.120. The van der Waals surface area contributed by atoms with Gasteiger partial charge in [0.05, 0.1) is 20.6 Å². The SMILES string of the molecule is COc1ccc(C(=O)NCCNC(=O)Cc2cccc(Br)c2)cc1OC. The van der Waals surface area contributed by atoms with Crippen molar-refractivity contribution in [3.05, 3.63) is 58.1 Å². The van der Waals surface area contributed by atoms with Crippen LogP contribution in [0.4, 0.5) is 0 Å². The first kappa shape index (κ1) is 19.8. The van der Waals surface area contributed by atoms with Crippen LogP contribution < -0.4 is 20.1 Å². The van der Waals surface area contributed by atoms with Gasteiger partial charge in [-0.1, -0.05) is 28.1 Å². The predicted octanol–water partition coefficient (Wildman–Crippen LogP) is 2.56. The molecular formula is C19H21BrN2O4. The molecule has 0 saturated heterocycles. The molecule has 0 unspecified atom stereocenters. The molecule has 0 saturated carbocycles. The fraction of sp³-hybridized carbons (Fsp3) is 0.263. The quantitative estimate of drug-likeness (QED) is 0.643. The highest BCUT2D eigenvalue weighted by molar-refractivity contribution is 9.10. The Labute approximate surface area is 161 Å². The number of carbonyl (C=O) groups is 2. The maximum absolute atomic E-state index is 12.2. The van der Waals surface area contributed by atoms with Crippen LogP contribution in [0.15, 0.2) is 46.9 Å². The van der Waals surface area contributed by atoms with Gasteiger partial charge < -0.3 is 20.1 Å². The minimum absolute atomic E-state index is 0.0940. The highest BCUT2D eigenvalue weighted by Crippen LogP contribution is 2.27. The molecule has 0 bridgehead atoms. The molecule has 0 radical (unpaired) electrons. The third kappa shape index (κ3) is 5.77.